The lowest BCUT2D eigenvalue weighted by Gasteiger charge is -2.23. The Kier molecular flexibility index (Phi) is 5.79. The van der Waals surface area contributed by atoms with Crippen LogP contribution in [-0.2, 0) is 4.79 Å². The van der Waals surface area contributed by atoms with E-state index < -0.39 is 18.8 Å². The second-order valence-electron chi connectivity index (χ2n) is 6.09. The fraction of sp³-hybridized carbons (Fsp3) is 0.136. The predicted molar refractivity (Wildman–Crippen MR) is 103 cm³/mol. The Morgan fingerprint density at radius 1 is 0.962 bits per heavy atom. The second kappa shape index (κ2) is 8.43. The molecule has 0 aliphatic carbocycles. The van der Waals surface area contributed by atoms with Gasteiger partial charge in [0.05, 0.1) is 12.6 Å². The topological polar surface area (TPSA) is 69.6 Å². The highest BCUT2D eigenvalue weighted by molar-refractivity contribution is 5.92. The molecule has 0 aliphatic rings. The molecule has 0 spiro atoms. The average molecular weight is 347 g/mol. The number of hydrogen-bond donors (Lipinski definition) is 3. The SMILES string of the molecule is O=C(/C=C/c1ccccc1)N[C@H](c1ccc2ccccc2c1)[C@H](O)CO. The van der Waals surface area contributed by atoms with Crippen molar-refractivity contribution in [2.45, 2.75) is 12.1 Å². The van der Waals surface area contributed by atoms with Gasteiger partial charge in [-0.25, -0.2) is 0 Å². The van der Waals surface area contributed by atoms with Crippen molar-refractivity contribution < 1.29 is 15.0 Å². The molecule has 3 aromatic carbocycles. The monoisotopic (exact) mass is 347 g/mol. The van der Waals surface area contributed by atoms with Crippen molar-refractivity contribution >= 4 is 22.8 Å². The third-order valence-electron chi connectivity index (χ3n) is 4.23. The number of aliphatic hydroxyl groups excluding tert-OH is 2. The molecule has 2 atom stereocenters. The van der Waals surface area contributed by atoms with Crippen LogP contribution in [0.3, 0.4) is 0 Å². The summed E-state index contributed by atoms with van der Waals surface area (Å²) in [4.78, 5) is 12.3. The molecule has 3 N–H and O–H groups in total. The maximum atomic E-state index is 12.3. The Morgan fingerprint density at radius 2 is 1.65 bits per heavy atom. The summed E-state index contributed by atoms with van der Waals surface area (Å²) >= 11 is 0. The van der Waals surface area contributed by atoms with Crippen molar-refractivity contribution in [3.63, 3.8) is 0 Å². The first-order valence-electron chi connectivity index (χ1n) is 8.48. The van der Waals surface area contributed by atoms with Crippen LogP contribution in [0, 0.1) is 0 Å². The number of amides is 1. The van der Waals surface area contributed by atoms with Gasteiger partial charge in [-0.05, 0) is 34.0 Å². The van der Waals surface area contributed by atoms with Gasteiger partial charge in [0.25, 0.3) is 0 Å². The van der Waals surface area contributed by atoms with E-state index in [1.807, 2.05) is 72.8 Å². The molecule has 1 amide bonds. The third kappa shape index (κ3) is 4.36. The first-order chi connectivity index (χ1) is 12.7. The highest BCUT2D eigenvalue weighted by Crippen LogP contribution is 2.23. The van der Waals surface area contributed by atoms with Gasteiger partial charge in [-0.1, -0.05) is 66.7 Å². The van der Waals surface area contributed by atoms with Gasteiger partial charge in [-0.2, -0.15) is 0 Å². The van der Waals surface area contributed by atoms with E-state index >= 15 is 0 Å². The Labute approximate surface area is 152 Å². The molecule has 4 nitrogen and oxygen atoms in total. The summed E-state index contributed by atoms with van der Waals surface area (Å²) < 4.78 is 0. The van der Waals surface area contributed by atoms with Crippen LogP contribution in [0.25, 0.3) is 16.8 Å². The Morgan fingerprint density at radius 3 is 2.38 bits per heavy atom. The molecule has 0 heterocycles. The lowest BCUT2D eigenvalue weighted by molar-refractivity contribution is -0.118. The molecule has 3 aromatic rings. The maximum absolute atomic E-state index is 12.3. The molecule has 0 fully saturated rings. The third-order valence-corrected chi connectivity index (χ3v) is 4.23. The number of fused-ring (bicyclic) bond motifs is 1. The van der Waals surface area contributed by atoms with Crippen molar-refractivity contribution in [2.24, 2.45) is 0 Å². The normalized spacial score (nSPS) is 13.6. The molecule has 26 heavy (non-hydrogen) atoms. The van der Waals surface area contributed by atoms with Crippen LogP contribution in [0.5, 0.6) is 0 Å². The van der Waals surface area contributed by atoms with E-state index in [1.54, 1.807) is 6.08 Å². The summed E-state index contributed by atoms with van der Waals surface area (Å²) in [6, 6.07) is 22.4. The molecule has 0 aliphatic heterocycles. The van der Waals surface area contributed by atoms with Crippen LogP contribution in [0.15, 0.2) is 78.9 Å². The van der Waals surface area contributed by atoms with Crippen molar-refractivity contribution in [3.8, 4) is 0 Å². The number of carbonyl (C=O) groups is 1. The molecule has 0 radical (unpaired) electrons. The van der Waals surface area contributed by atoms with Crippen molar-refractivity contribution in [3.05, 3.63) is 90.0 Å². The number of benzene rings is 3. The van der Waals surface area contributed by atoms with E-state index in [-0.39, 0.29) is 5.91 Å². The molecule has 132 valence electrons. The maximum Gasteiger partial charge on any atom is 0.244 e. The summed E-state index contributed by atoms with van der Waals surface area (Å²) in [6.07, 6.45) is 2.04. The number of carbonyl (C=O) groups excluding carboxylic acids is 1. The molecule has 3 rings (SSSR count). The fourth-order valence-electron chi connectivity index (χ4n) is 2.85. The zero-order valence-corrected chi connectivity index (χ0v) is 14.2. The second-order valence-corrected chi connectivity index (χ2v) is 6.09. The molecule has 0 unspecified atom stereocenters. The minimum Gasteiger partial charge on any atom is -0.394 e. The van der Waals surface area contributed by atoms with Crippen LogP contribution in [0.2, 0.25) is 0 Å². The molecule has 0 saturated carbocycles. The molecule has 0 bridgehead atoms. The van der Waals surface area contributed by atoms with Gasteiger partial charge in [-0.3, -0.25) is 4.79 Å². The lowest BCUT2D eigenvalue weighted by atomic mass is 9.98. The number of rotatable bonds is 6. The van der Waals surface area contributed by atoms with E-state index in [0.717, 1.165) is 21.9 Å². The summed E-state index contributed by atoms with van der Waals surface area (Å²) in [5.41, 5.74) is 1.65. The van der Waals surface area contributed by atoms with E-state index in [9.17, 15) is 15.0 Å². The smallest absolute Gasteiger partial charge is 0.244 e. The van der Waals surface area contributed by atoms with Gasteiger partial charge in [0, 0.05) is 6.08 Å². The summed E-state index contributed by atoms with van der Waals surface area (Å²) in [5, 5.41) is 24.4. The number of hydrogen-bond acceptors (Lipinski definition) is 3. The number of nitrogens with one attached hydrogen (secondary N) is 1. The van der Waals surface area contributed by atoms with E-state index in [4.69, 9.17) is 0 Å². The average Bonchev–Trinajstić information content (AvgIpc) is 2.70. The molecule has 0 saturated heterocycles. The van der Waals surface area contributed by atoms with E-state index in [2.05, 4.69) is 5.32 Å². The predicted octanol–water partition coefficient (Wildman–Crippen LogP) is 3.06. The van der Waals surface area contributed by atoms with Crippen LogP contribution in [0.1, 0.15) is 17.2 Å². The zero-order valence-electron chi connectivity index (χ0n) is 14.2. The molecular weight excluding hydrogens is 326 g/mol. The van der Waals surface area contributed by atoms with Gasteiger partial charge in [0.1, 0.15) is 6.10 Å². The van der Waals surface area contributed by atoms with Crippen LogP contribution in [0.4, 0.5) is 0 Å². The first kappa shape index (κ1) is 17.9. The standard InChI is InChI=1S/C22H21NO3/c24-15-20(25)22(19-12-11-17-8-4-5-9-18(17)14-19)23-21(26)13-10-16-6-2-1-3-7-16/h1-14,20,22,24-25H,15H2,(H,23,26)/b13-10+/t20-,22-/m1/s1. The zero-order chi connectivity index (χ0) is 18.4. The largest absolute Gasteiger partial charge is 0.394 e. The Bertz CT molecular complexity index is 905. The van der Waals surface area contributed by atoms with Crippen LogP contribution < -0.4 is 5.32 Å². The highest BCUT2D eigenvalue weighted by atomic mass is 16.3. The van der Waals surface area contributed by atoms with E-state index in [0.29, 0.717) is 0 Å². The summed E-state index contributed by atoms with van der Waals surface area (Å²) in [5.74, 6) is -0.334. The lowest BCUT2D eigenvalue weighted by Crippen LogP contribution is -2.37. The fourth-order valence-corrected chi connectivity index (χ4v) is 2.85. The summed E-state index contributed by atoms with van der Waals surface area (Å²) in [6.45, 7) is -0.444. The minimum absolute atomic E-state index is 0.334. The van der Waals surface area contributed by atoms with Gasteiger partial charge in [-0.15, -0.1) is 0 Å². The highest BCUT2D eigenvalue weighted by Gasteiger charge is 2.22. The quantitative estimate of drug-likeness (QED) is 0.600. The molecule has 4 heteroatoms. The first-order valence-corrected chi connectivity index (χ1v) is 8.48. The molecular formula is C22H21NO3. The van der Waals surface area contributed by atoms with Gasteiger partial charge < -0.3 is 15.5 Å². The summed E-state index contributed by atoms with van der Waals surface area (Å²) in [7, 11) is 0. The van der Waals surface area contributed by atoms with Gasteiger partial charge in [0.2, 0.25) is 5.91 Å². The Balaban J connectivity index is 1.81. The van der Waals surface area contributed by atoms with Gasteiger partial charge >= 0.3 is 0 Å². The van der Waals surface area contributed by atoms with Crippen molar-refractivity contribution in [2.75, 3.05) is 6.61 Å². The van der Waals surface area contributed by atoms with Gasteiger partial charge in [0.15, 0.2) is 0 Å². The van der Waals surface area contributed by atoms with Crippen LogP contribution in [-0.4, -0.2) is 28.8 Å². The van der Waals surface area contributed by atoms with Crippen molar-refractivity contribution in [1.29, 1.82) is 0 Å². The van der Waals surface area contributed by atoms with Crippen molar-refractivity contribution in [1.82, 2.24) is 5.32 Å². The van der Waals surface area contributed by atoms with Crippen LogP contribution >= 0.6 is 0 Å². The minimum atomic E-state index is -1.09. The molecule has 0 aromatic heterocycles. The van der Waals surface area contributed by atoms with E-state index in [1.165, 1.54) is 6.08 Å². The Hall–Kier alpha value is -2.95. The number of aliphatic hydroxyl groups is 2.